The highest BCUT2D eigenvalue weighted by atomic mass is 32.1. The number of aliphatic carboxylic acids is 2. The third kappa shape index (κ3) is 11.2. The van der Waals surface area contributed by atoms with Crippen molar-refractivity contribution in [2.75, 3.05) is 52.9 Å². The van der Waals surface area contributed by atoms with Crippen molar-refractivity contribution in [1.29, 1.82) is 0 Å². The Morgan fingerprint density at radius 2 is 1.39 bits per heavy atom. The molecule has 2 unspecified atom stereocenters. The first-order valence-corrected chi connectivity index (χ1v) is 9.72. The van der Waals surface area contributed by atoms with Gasteiger partial charge >= 0.3 is 11.9 Å². The fraction of sp³-hybridized carbons (Fsp3) is 0.765. The molecule has 0 radical (unpaired) electrons. The molecule has 0 aliphatic heterocycles. The largest absolute Gasteiger partial charge is 0.481 e. The van der Waals surface area contributed by atoms with Crippen molar-refractivity contribution in [1.82, 2.24) is 0 Å². The molecule has 9 nitrogen and oxygen atoms in total. The lowest BCUT2D eigenvalue weighted by molar-refractivity contribution is -0.143. The van der Waals surface area contributed by atoms with E-state index in [1.807, 2.05) is 0 Å². The first-order chi connectivity index (χ1) is 13.3. The topological polar surface area (TPSA) is 132 Å². The van der Waals surface area contributed by atoms with Crippen molar-refractivity contribution in [2.45, 2.75) is 28.9 Å². The van der Waals surface area contributed by atoms with E-state index in [1.165, 1.54) is 6.08 Å². The van der Waals surface area contributed by atoms with Gasteiger partial charge in [0.15, 0.2) is 0 Å². The molecule has 0 spiro atoms. The second kappa shape index (κ2) is 16.0. The molecule has 11 heteroatoms. The van der Waals surface area contributed by atoms with Crippen LogP contribution in [-0.2, 0) is 28.5 Å². The van der Waals surface area contributed by atoms with Gasteiger partial charge in [0.2, 0.25) is 0 Å². The minimum atomic E-state index is -1.36. The Bertz CT molecular complexity index is 440. The van der Waals surface area contributed by atoms with Crippen molar-refractivity contribution < 1.29 is 43.9 Å². The molecule has 3 N–H and O–H groups in total. The van der Waals surface area contributed by atoms with Crippen LogP contribution in [0.3, 0.4) is 0 Å². The van der Waals surface area contributed by atoms with E-state index in [0.29, 0.717) is 13.2 Å². The number of carboxylic acid groups (broad SMARTS) is 2. The molecule has 0 bridgehead atoms. The number of aliphatic hydroxyl groups is 1. The molecular formula is C17H30O9S2. The average Bonchev–Trinajstić information content (AvgIpc) is 2.61. The van der Waals surface area contributed by atoms with Crippen LogP contribution in [0.25, 0.3) is 0 Å². The summed E-state index contributed by atoms with van der Waals surface area (Å²) in [5, 5.41) is 25.1. The van der Waals surface area contributed by atoms with Crippen LogP contribution < -0.4 is 0 Å². The number of carboxylic acids is 2. The van der Waals surface area contributed by atoms with Crippen molar-refractivity contribution in [3.63, 3.8) is 0 Å². The number of ether oxygens (including phenoxy) is 4. The minimum Gasteiger partial charge on any atom is -0.481 e. The molecule has 0 aromatic rings. The summed E-state index contributed by atoms with van der Waals surface area (Å²) in [5.74, 6) is -2.21. The second-order valence-corrected chi connectivity index (χ2v) is 7.03. The van der Waals surface area contributed by atoms with E-state index in [9.17, 15) is 9.59 Å². The Morgan fingerprint density at radius 3 is 1.82 bits per heavy atom. The van der Waals surface area contributed by atoms with E-state index >= 15 is 0 Å². The van der Waals surface area contributed by atoms with Crippen molar-refractivity contribution in [3.8, 4) is 0 Å². The lowest BCUT2D eigenvalue weighted by Gasteiger charge is -2.41. The van der Waals surface area contributed by atoms with E-state index in [2.05, 4.69) is 31.8 Å². The quantitative estimate of drug-likeness (QED) is 0.110. The number of hydrogen-bond donors (Lipinski definition) is 5. The van der Waals surface area contributed by atoms with E-state index in [4.69, 9.17) is 34.3 Å². The van der Waals surface area contributed by atoms with Crippen molar-refractivity contribution >= 4 is 37.2 Å². The van der Waals surface area contributed by atoms with Gasteiger partial charge in [-0.25, -0.2) is 0 Å². The van der Waals surface area contributed by atoms with Crippen LogP contribution in [0.15, 0.2) is 12.7 Å². The van der Waals surface area contributed by atoms with Gasteiger partial charge in [0.25, 0.3) is 0 Å². The van der Waals surface area contributed by atoms with Crippen LogP contribution in [-0.4, -0.2) is 96.2 Å². The molecule has 0 heterocycles. The maximum Gasteiger partial charge on any atom is 0.304 e. The van der Waals surface area contributed by atoms with Crippen LogP contribution >= 0.6 is 25.3 Å². The molecule has 164 valence electrons. The second-order valence-electron chi connectivity index (χ2n) is 5.78. The minimum absolute atomic E-state index is 0.0510. The average molecular weight is 443 g/mol. The lowest BCUT2D eigenvalue weighted by atomic mass is 9.91. The highest BCUT2D eigenvalue weighted by molar-refractivity contribution is 7.82. The highest BCUT2D eigenvalue weighted by Crippen LogP contribution is 2.33. The van der Waals surface area contributed by atoms with Gasteiger partial charge in [0.05, 0.1) is 65.7 Å². The highest BCUT2D eigenvalue weighted by Gasteiger charge is 2.45. The lowest BCUT2D eigenvalue weighted by Crippen LogP contribution is -2.55. The predicted octanol–water partition coefficient (Wildman–Crippen LogP) is 0.516. The maximum absolute atomic E-state index is 11.1. The summed E-state index contributed by atoms with van der Waals surface area (Å²) in [6.45, 7) is 4.74. The number of aliphatic hydroxyl groups excluding tert-OH is 1. The molecule has 0 aromatic carbocycles. The van der Waals surface area contributed by atoms with E-state index in [1.54, 1.807) is 0 Å². The van der Waals surface area contributed by atoms with Crippen molar-refractivity contribution in [2.24, 2.45) is 0 Å². The maximum atomic E-state index is 11.1. The molecule has 0 aliphatic rings. The molecule has 0 saturated carbocycles. The van der Waals surface area contributed by atoms with Gasteiger partial charge in [0.1, 0.15) is 5.60 Å². The summed E-state index contributed by atoms with van der Waals surface area (Å²) >= 11 is 8.69. The fourth-order valence-electron chi connectivity index (χ4n) is 2.27. The molecule has 0 aliphatic carbocycles. The van der Waals surface area contributed by atoms with Crippen LogP contribution in [0.1, 0.15) is 12.8 Å². The standard InChI is InChI=1S/C17H30O9S2/c1-2-4-26-17(13(27)10-15(19)20,14(28)11-16(21)22)12-25-9-8-24-7-6-23-5-3-18/h2,13-14,18,27-28H,1,3-12H2,(H,19,20)(H,21,22). The van der Waals surface area contributed by atoms with Gasteiger partial charge in [-0.3, -0.25) is 9.59 Å². The van der Waals surface area contributed by atoms with Gasteiger partial charge in [0, 0.05) is 10.5 Å². The van der Waals surface area contributed by atoms with Gasteiger partial charge in [-0.1, -0.05) is 6.08 Å². The number of hydrogen-bond acceptors (Lipinski definition) is 9. The zero-order chi connectivity index (χ0) is 21.4. The van der Waals surface area contributed by atoms with Gasteiger partial charge in [-0.15, -0.1) is 6.58 Å². The fourth-order valence-corrected chi connectivity index (χ4v) is 3.36. The molecule has 0 rings (SSSR count). The summed E-state index contributed by atoms with van der Waals surface area (Å²) in [7, 11) is 0. The Kier molecular flexibility index (Phi) is 15.6. The molecule has 0 fully saturated rings. The zero-order valence-electron chi connectivity index (χ0n) is 15.7. The molecule has 0 aromatic heterocycles. The Balaban J connectivity index is 4.86. The summed E-state index contributed by atoms with van der Waals surface area (Å²) in [6, 6.07) is 0. The number of carbonyl (C=O) groups is 2. The summed E-state index contributed by atoms with van der Waals surface area (Å²) < 4.78 is 21.7. The van der Waals surface area contributed by atoms with E-state index in [-0.39, 0.29) is 52.5 Å². The van der Waals surface area contributed by atoms with Crippen LogP contribution in [0.4, 0.5) is 0 Å². The first-order valence-electron chi connectivity index (χ1n) is 8.68. The van der Waals surface area contributed by atoms with Crippen LogP contribution in [0.5, 0.6) is 0 Å². The van der Waals surface area contributed by atoms with Gasteiger partial charge in [-0.2, -0.15) is 25.3 Å². The number of rotatable bonds is 19. The molecule has 2 atom stereocenters. The van der Waals surface area contributed by atoms with Gasteiger partial charge in [-0.05, 0) is 0 Å². The molecule has 0 amide bonds. The smallest absolute Gasteiger partial charge is 0.304 e. The Morgan fingerprint density at radius 1 is 0.929 bits per heavy atom. The molecular weight excluding hydrogens is 412 g/mol. The molecule has 0 saturated heterocycles. The Hall–Kier alpha value is -0.820. The summed E-state index contributed by atoms with van der Waals surface area (Å²) in [6.07, 6.45) is 0.741. The predicted molar refractivity (Wildman–Crippen MR) is 108 cm³/mol. The Labute approximate surface area is 175 Å². The van der Waals surface area contributed by atoms with Crippen LogP contribution in [0.2, 0.25) is 0 Å². The third-order valence-electron chi connectivity index (χ3n) is 3.64. The van der Waals surface area contributed by atoms with Crippen LogP contribution in [0, 0.1) is 0 Å². The SMILES string of the molecule is C=CCOC(COCCOCCOCCO)(C(S)CC(=O)O)C(S)CC(=O)O. The van der Waals surface area contributed by atoms with Gasteiger partial charge < -0.3 is 34.3 Å². The normalized spacial score (nSPS) is 15.5. The number of thiol groups is 2. The first kappa shape index (κ1) is 27.2. The third-order valence-corrected chi connectivity index (χ3v) is 4.88. The zero-order valence-corrected chi connectivity index (χ0v) is 17.5. The van der Waals surface area contributed by atoms with E-state index in [0.717, 1.165) is 0 Å². The van der Waals surface area contributed by atoms with E-state index < -0.39 is 28.0 Å². The summed E-state index contributed by atoms with van der Waals surface area (Å²) in [4.78, 5) is 22.3. The molecule has 28 heavy (non-hydrogen) atoms. The van der Waals surface area contributed by atoms with Crippen molar-refractivity contribution in [3.05, 3.63) is 12.7 Å². The monoisotopic (exact) mass is 442 g/mol. The summed E-state index contributed by atoms with van der Waals surface area (Å²) in [5.41, 5.74) is -1.36.